The van der Waals surface area contributed by atoms with Crippen molar-refractivity contribution in [2.75, 3.05) is 14.1 Å². The molecule has 0 radical (unpaired) electrons. The average Bonchev–Trinajstić information content (AvgIpc) is 2.38. The van der Waals surface area contributed by atoms with Crippen LogP contribution in [0, 0.1) is 0 Å². The van der Waals surface area contributed by atoms with E-state index >= 15 is 0 Å². The summed E-state index contributed by atoms with van der Waals surface area (Å²) in [6.45, 7) is 1.81. The molecule has 0 saturated carbocycles. The van der Waals surface area contributed by atoms with Gasteiger partial charge < -0.3 is 17.5 Å². The van der Waals surface area contributed by atoms with Gasteiger partial charge in [0.1, 0.15) is 5.69 Å². The van der Waals surface area contributed by atoms with Crippen LogP contribution in [-0.2, 0) is 27.7 Å². The van der Waals surface area contributed by atoms with Crippen LogP contribution in [0.3, 0.4) is 0 Å². The van der Waals surface area contributed by atoms with Gasteiger partial charge >= 0.3 is 25.2 Å². The molecule has 1 rings (SSSR count). The number of halogens is 1. The van der Waals surface area contributed by atoms with Gasteiger partial charge in [-0.25, -0.2) is 0 Å². The molecular formula is C9H12ClCuN5S. The second-order valence-electron chi connectivity index (χ2n) is 3.05. The quantitative estimate of drug-likeness (QED) is 0.271. The van der Waals surface area contributed by atoms with E-state index in [0.717, 1.165) is 0 Å². The van der Waals surface area contributed by atoms with Crippen LogP contribution in [0.5, 0.6) is 0 Å². The van der Waals surface area contributed by atoms with Crippen molar-refractivity contribution < 1.29 is 15.1 Å². The molecule has 0 spiro atoms. The molecule has 0 bridgehead atoms. The molecule has 0 N–H and O–H groups in total. The molecule has 97 valence electrons. The van der Waals surface area contributed by atoms with E-state index in [-0.39, 0.29) is 0 Å². The predicted octanol–water partition coefficient (Wildman–Crippen LogP) is 1.35. The maximum atomic E-state index is 4.96. The van der Waals surface area contributed by atoms with Gasteiger partial charge in [0.15, 0.2) is 0 Å². The van der Waals surface area contributed by atoms with Crippen molar-refractivity contribution >= 4 is 33.6 Å². The first-order chi connectivity index (χ1) is 8.11. The zero-order valence-electron chi connectivity index (χ0n) is 9.56. The summed E-state index contributed by atoms with van der Waals surface area (Å²) < 4.78 is 0. The Morgan fingerprint density at radius 1 is 1.35 bits per heavy atom. The SMILES string of the molecule is C/C(=N\N=C(/[S-])N(C)C)c1cnccn1.[Cl][Cu+]. The average molecular weight is 321 g/mol. The van der Waals surface area contributed by atoms with Crippen molar-refractivity contribution in [1.82, 2.24) is 14.9 Å². The van der Waals surface area contributed by atoms with Crippen molar-refractivity contribution in [2.24, 2.45) is 10.2 Å². The first kappa shape index (κ1) is 16.2. The van der Waals surface area contributed by atoms with Crippen molar-refractivity contribution in [3.05, 3.63) is 24.3 Å². The third kappa shape index (κ3) is 6.53. The molecule has 0 aliphatic carbocycles. The van der Waals surface area contributed by atoms with Crippen molar-refractivity contribution in [2.45, 2.75) is 6.92 Å². The van der Waals surface area contributed by atoms with E-state index in [2.05, 4.69) is 45.4 Å². The molecule has 0 amide bonds. The van der Waals surface area contributed by atoms with Crippen LogP contribution in [0.4, 0.5) is 0 Å². The number of rotatable bonds is 2. The zero-order chi connectivity index (χ0) is 13.3. The van der Waals surface area contributed by atoms with Gasteiger partial charge in [-0.3, -0.25) is 9.97 Å². The molecule has 0 aromatic carbocycles. The molecule has 1 aromatic heterocycles. The van der Waals surface area contributed by atoms with Gasteiger partial charge in [0.25, 0.3) is 0 Å². The summed E-state index contributed by atoms with van der Waals surface area (Å²) in [5.74, 6) is 0. The molecule has 0 unspecified atom stereocenters. The summed E-state index contributed by atoms with van der Waals surface area (Å²) >= 11 is 8.62. The Kier molecular flexibility index (Phi) is 8.89. The van der Waals surface area contributed by atoms with Crippen LogP contribution in [0.15, 0.2) is 28.8 Å². The Morgan fingerprint density at radius 2 is 2.00 bits per heavy atom. The Labute approximate surface area is 119 Å². The van der Waals surface area contributed by atoms with E-state index in [4.69, 9.17) is 12.6 Å². The molecule has 0 atom stereocenters. The van der Waals surface area contributed by atoms with Gasteiger partial charge in [0.2, 0.25) is 0 Å². The first-order valence-electron chi connectivity index (χ1n) is 4.45. The summed E-state index contributed by atoms with van der Waals surface area (Å²) in [5, 5.41) is 8.28. The fourth-order valence-electron chi connectivity index (χ4n) is 0.744. The maximum absolute atomic E-state index is 4.96. The van der Waals surface area contributed by atoms with Crippen LogP contribution in [0.2, 0.25) is 0 Å². The number of hydrogen-bond acceptors (Lipinski definition) is 5. The van der Waals surface area contributed by atoms with Crippen molar-refractivity contribution in [3.8, 4) is 0 Å². The molecule has 5 nitrogen and oxygen atoms in total. The van der Waals surface area contributed by atoms with Gasteiger partial charge in [0, 0.05) is 31.7 Å². The molecular weight excluding hydrogens is 309 g/mol. The van der Waals surface area contributed by atoms with Crippen LogP contribution < -0.4 is 0 Å². The minimum atomic E-state index is 0.429. The fraction of sp³-hybridized carbons (Fsp3) is 0.333. The van der Waals surface area contributed by atoms with Gasteiger partial charge in [-0.1, -0.05) is 0 Å². The molecule has 17 heavy (non-hydrogen) atoms. The van der Waals surface area contributed by atoms with Crippen LogP contribution in [0.25, 0.3) is 0 Å². The van der Waals surface area contributed by atoms with Gasteiger partial charge in [-0.2, -0.15) is 10.2 Å². The summed E-state index contributed by atoms with van der Waals surface area (Å²) in [7, 11) is 7.84. The van der Waals surface area contributed by atoms with Gasteiger partial charge in [-0.05, 0) is 6.92 Å². The Hall–Kier alpha value is -0.751. The van der Waals surface area contributed by atoms with E-state index in [9.17, 15) is 0 Å². The Balaban J connectivity index is 0.00000121. The second kappa shape index (κ2) is 9.30. The van der Waals surface area contributed by atoms with Crippen molar-refractivity contribution in [1.29, 1.82) is 0 Å². The molecule has 8 heteroatoms. The molecule has 1 heterocycles. The molecule has 0 aliphatic rings. The normalized spacial score (nSPS) is 11.6. The van der Waals surface area contributed by atoms with Gasteiger partial charge in [-0.15, -0.1) is 0 Å². The van der Waals surface area contributed by atoms with Crippen LogP contribution >= 0.6 is 10.1 Å². The molecule has 0 fully saturated rings. The second-order valence-corrected chi connectivity index (χ2v) is 3.42. The summed E-state index contributed by atoms with van der Waals surface area (Å²) in [6, 6.07) is 0. The predicted molar refractivity (Wildman–Crippen MR) is 68.6 cm³/mol. The number of amidine groups is 1. The summed E-state index contributed by atoms with van der Waals surface area (Å²) in [4.78, 5) is 9.74. The standard InChI is InChI=1S/C9H13N5S.ClH.Cu/c1-7(8-6-10-4-5-11-8)12-13-9(15)14(2)3;;/h4-6H,1-3H3,(H,13,15);1H;/q;;+2/p-2/b12-7+;;. The number of aromatic nitrogens is 2. The molecule has 0 aliphatic heterocycles. The van der Waals surface area contributed by atoms with Crippen LogP contribution in [0.1, 0.15) is 12.6 Å². The first-order valence-corrected chi connectivity index (χ1v) is 6.16. The molecule has 1 aromatic rings. The third-order valence-corrected chi connectivity index (χ3v) is 2.05. The minimum absolute atomic E-state index is 0.429. The van der Waals surface area contributed by atoms with E-state index < -0.39 is 0 Å². The Morgan fingerprint density at radius 3 is 2.47 bits per heavy atom. The van der Waals surface area contributed by atoms with E-state index in [1.165, 1.54) is 0 Å². The van der Waals surface area contributed by atoms with E-state index in [1.807, 2.05) is 21.0 Å². The summed E-state index contributed by atoms with van der Waals surface area (Å²) in [6.07, 6.45) is 4.85. The van der Waals surface area contributed by atoms with Gasteiger partial charge in [0.05, 0.1) is 11.9 Å². The van der Waals surface area contributed by atoms with Crippen LogP contribution in [-0.4, -0.2) is 39.8 Å². The van der Waals surface area contributed by atoms with E-state index in [1.54, 1.807) is 23.5 Å². The zero-order valence-corrected chi connectivity index (χ0v) is 12.1. The number of hydrogen-bond donors (Lipinski definition) is 0. The van der Waals surface area contributed by atoms with E-state index in [0.29, 0.717) is 16.6 Å². The monoisotopic (exact) mass is 320 g/mol. The number of nitrogens with zero attached hydrogens (tertiary/aromatic N) is 5. The fourth-order valence-corrected chi connectivity index (χ4v) is 0.785. The topological polar surface area (TPSA) is 53.7 Å². The van der Waals surface area contributed by atoms with Crippen molar-refractivity contribution in [3.63, 3.8) is 0 Å². The Bertz CT molecular complexity index is 382. The third-order valence-electron chi connectivity index (χ3n) is 1.60. The molecule has 0 saturated heterocycles. The summed E-state index contributed by atoms with van der Waals surface area (Å²) in [5.41, 5.74) is 1.38.